The Morgan fingerprint density at radius 3 is 0.700 bits per heavy atom. The smallest absolute Gasteiger partial charge is 0.769 e. The zero-order valence-corrected chi connectivity index (χ0v) is 11.4. The topological polar surface area (TPSA) is 83.8 Å². The summed E-state index contributed by atoms with van der Waals surface area (Å²) in [5.41, 5.74) is 0. The Balaban J connectivity index is -0.00000000500. The number of halogens is 4. The third kappa shape index (κ3) is 157. The molecule has 0 aliphatic heterocycles. The Kier molecular flexibility index (Phi) is 827. The monoisotopic (exact) mass is 264 g/mol. The van der Waals surface area contributed by atoms with E-state index in [1.165, 1.54) is 0 Å². The molecule has 0 spiro atoms. The minimum Gasteiger partial charge on any atom is -0.769 e. The van der Waals surface area contributed by atoms with Crippen molar-refractivity contribution in [3.63, 3.8) is 0 Å². The van der Waals surface area contributed by atoms with Crippen molar-refractivity contribution in [2.75, 3.05) is 0 Å². The van der Waals surface area contributed by atoms with Crippen LogP contribution in [0.25, 0.3) is 0 Å². The van der Waals surface area contributed by atoms with Crippen LogP contribution in [-0.4, -0.2) is 14.0 Å². The fourth-order valence-corrected chi connectivity index (χ4v) is 0. The predicted octanol–water partition coefficient (Wildman–Crippen LogP) is -3.04. The molecule has 0 fully saturated rings. The van der Waals surface area contributed by atoms with Gasteiger partial charge in [0.15, 0.2) is 0 Å². The molecule has 3 N–H and O–H groups in total. The molecule has 0 amide bonds. The first-order valence-corrected chi connectivity index (χ1v) is 1.98. The van der Waals surface area contributed by atoms with Crippen LogP contribution in [0.1, 0.15) is 0 Å². The van der Waals surface area contributed by atoms with Crippen molar-refractivity contribution in [3.8, 4) is 0 Å². The molecular formula is H6Cl4NaO4P. The van der Waals surface area contributed by atoms with Gasteiger partial charge in [0.1, 0.15) is 0 Å². The number of hydrogen-bond acceptors (Lipinski definition) is 4. The molecule has 10 heteroatoms. The molecule has 0 saturated heterocycles. The van der Waals surface area contributed by atoms with Crippen molar-refractivity contribution in [2.45, 2.75) is 0 Å². The molecule has 1 atom stereocenters. The molecule has 0 aromatic heterocycles. The van der Waals surface area contributed by atoms with Crippen molar-refractivity contribution in [1.29, 1.82) is 0 Å². The SMILES string of the molecule is OCl.OCl.OCl.P.[Na+].[O-]Cl. The van der Waals surface area contributed by atoms with Gasteiger partial charge < -0.3 is 4.66 Å². The van der Waals surface area contributed by atoms with E-state index in [9.17, 15) is 0 Å². The van der Waals surface area contributed by atoms with E-state index in [-0.39, 0.29) is 39.5 Å². The van der Waals surface area contributed by atoms with Crippen molar-refractivity contribution in [3.05, 3.63) is 0 Å². The number of hydrogen-bond donors (Lipinski definition) is 3. The minimum absolute atomic E-state index is 0. The Morgan fingerprint density at radius 2 is 0.700 bits per heavy atom. The largest absolute Gasteiger partial charge is 1.00 e. The Bertz CT molecular complexity index is 17.2. The summed E-state index contributed by atoms with van der Waals surface area (Å²) in [4.78, 5) is 0. The molecule has 0 saturated carbocycles. The molecule has 4 nitrogen and oxygen atoms in total. The second kappa shape index (κ2) is 211. The van der Waals surface area contributed by atoms with E-state index >= 15 is 0 Å². The predicted molar refractivity (Wildman–Crippen MR) is 41.2 cm³/mol. The van der Waals surface area contributed by atoms with Crippen molar-refractivity contribution in [2.24, 2.45) is 0 Å². The van der Waals surface area contributed by atoms with Gasteiger partial charge in [-0.2, -0.15) is 9.90 Å². The summed E-state index contributed by atoms with van der Waals surface area (Å²) >= 11 is 14.3. The van der Waals surface area contributed by atoms with Crippen LogP contribution in [0.4, 0.5) is 0 Å². The average Bonchev–Trinajstić information content (AvgIpc) is 2.03. The standard InChI is InChI=1S/3ClHO.ClO.Na.H3P/c4*1-2;;/h3*2H;;;1H3/q;;;-1;+1;. The first-order valence-electron chi connectivity index (χ1n) is 0.661. The first kappa shape index (κ1) is 39.3. The summed E-state index contributed by atoms with van der Waals surface area (Å²) in [6, 6.07) is 0. The molecule has 0 aliphatic carbocycles. The first-order chi connectivity index (χ1) is 4.00. The average molecular weight is 266 g/mol. The second-order valence-electron chi connectivity index (χ2n) is 0. The summed E-state index contributed by atoms with van der Waals surface area (Å²) in [5, 5.41) is 0. The molecule has 0 radical (unpaired) electrons. The molecule has 0 aromatic carbocycles. The summed E-state index contributed by atoms with van der Waals surface area (Å²) in [6.07, 6.45) is 0. The zero-order chi connectivity index (χ0) is 8.00. The quantitative estimate of drug-likeness (QED) is 0.321. The fourth-order valence-electron chi connectivity index (χ4n) is 0. The fraction of sp³-hybridized carbons (Fsp3) is 0. The molecule has 0 aromatic rings. The van der Waals surface area contributed by atoms with Gasteiger partial charge in [0.25, 0.3) is 0 Å². The van der Waals surface area contributed by atoms with Crippen molar-refractivity contribution in [1.82, 2.24) is 0 Å². The van der Waals surface area contributed by atoms with Crippen LogP contribution < -0.4 is 34.2 Å². The third-order valence-corrected chi connectivity index (χ3v) is 0. The maximum Gasteiger partial charge on any atom is 1.00 e. The van der Waals surface area contributed by atoms with Gasteiger partial charge in [0.05, 0.1) is 35.6 Å². The van der Waals surface area contributed by atoms with E-state index in [4.69, 9.17) is 18.6 Å². The maximum atomic E-state index is 7.72. The third-order valence-electron chi connectivity index (χ3n) is 0. The van der Waals surface area contributed by atoms with Crippen LogP contribution in [0.2, 0.25) is 0 Å². The maximum absolute atomic E-state index is 7.72. The molecule has 64 valence electrons. The molecule has 10 heavy (non-hydrogen) atoms. The van der Waals surface area contributed by atoms with Gasteiger partial charge in [-0.3, -0.25) is 14.0 Å². The normalized spacial score (nSPS) is 2.40. The van der Waals surface area contributed by atoms with E-state index in [2.05, 4.69) is 47.5 Å². The van der Waals surface area contributed by atoms with Crippen LogP contribution in [0.15, 0.2) is 0 Å². The van der Waals surface area contributed by atoms with Crippen LogP contribution in [0, 0.1) is 0 Å². The molecule has 0 heterocycles. The molecule has 1 unspecified atom stereocenters. The summed E-state index contributed by atoms with van der Waals surface area (Å²) in [6.45, 7) is 0. The van der Waals surface area contributed by atoms with E-state index in [1.807, 2.05) is 0 Å². The van der Waals surface area contributed by atoms with Gasteiger partial charge in [0, 0.05) is 0 Å². The molecule has 0 aliphatic rings. The minimum atomic E-state index is 0. The summed E-state index contributed by atoms with van der Waals surface area (Å²) in [7, 11) is 0. The van der Waals surface area contributed by atoms with Crippen LogP contribution >= 0.6 is 57.4 Å². The molecule has 0 rings (SSSR count). The van der Waals surface area contributed by atoms with E-state index in [0.717, 1.165) is 0 Å². The summed E-state index contributed by atoms with van der Waals surface area (Å²) in [5.74, 6) is 0. The van der Waals surface area contributed by atoms with Gasteiger partial charge in [-0.15, -0.1) is 0 Å². The van der Waals surface area contributed by atoms with Gasteiger partial charge in [-0.25, -0.2) is 11.9 Å². The van der Waals surface area contributed by atoms with E-state index in [0.29, 0.717) is 0 Å². The second-order valence-corrected chi connectivity index (χ2v) is 0. The van der Waals surface area contributed by atoms with Gasteiger partial charge in [-0.05, 0) is 0 Å². The molecule has 0 bridgehead atoms. The van der Waals surface area contributed by atoms with E-state index in [1.54, 1.807) is 0 Å². The Morgan fingerprint density at radius 1 is 0.700 bits per heavy atom. The van der Waals surface area contributed by atoms with Gasteiger partial charge in [0.2, 0.25) is 0 Å². The summed E-state index contributed by atoms with van der Waals surface area (Å²) < 4.78 is 27.1. The van der Waals surface area contributed by atoms with Crippen molar-refractivity contribution < 1.29 is 48.2 Å². The van der Waals surface area contributed by atoms with Crippen LogP contribution in [0.5, 0.6) is 0 Å². The van der Waals surface area contributed by atoms with Crippen LogP contribution in [-0.2, 0) is 0 Å². The van der Waals surface area contributed by atoms with Crippen molar-refractivity contribution >= 4 is 57.4 Å². The van der Waals surface area contributed by atoms with Gasteiger partial charge in [-0.1, -0.05) is 0 Å². The van der Waals surface area contributed by atoms with Gasteiger partial charge >= 0.3 is 29.6 Å². The number of rotatable bonds is 0. The van der Waals surface area contributed by atoms with Crippen LogP contribution in [0.3, 0.4) is 0 Å². The Labute approximate surface area is 105 Å². The molecular weight excluding hydrogens is 260 g/mol. The van der Waals surface area contributed by atoms with E-state index < -0.39 is 0 Å². The zero-order valence-electron chi connectivity index (χ0n) is 4.97. The Hall–Kier alpha value is 2.43.